The highest BCUT2D eigenvalue weighted by atomic mass is 15.0. The topological polar surface area (TPSA) is 12.0 Å². The Labute approximate surface area is 113 Å². The summed E-state index contributed by atoms with van der Waals surface area (Å²) in [5.74, 6) is 3.32. The molecule has 0 heterocycles. The normalized spacial score (nSPS) is 37.8. The summed E-state index contributed by atoms with van der Waals surface area (Å²) in [6.07, 6.45) is 12.2. The number of fused-ring (bicyclic) bond motifs is 2. The number of hydrogen-bond acceptors (Lipinski definition) is 1. The van der Waals surface area contributed by atoms with Crippen molar-refractivity contribution in [2.24, 2.45) is 23.2 Å². The Kier molecular flexibility index (Phi) is 3.25. The predicted octanol–water partition coefficient (Wildman–Crippen LogP) is 4.37. The Morgan fingerprint density at radius 3 is 2.33 bits per heavy atom. The van der Waals surface area contributed by atoms with Crippen molar-refractivity contribution in [1.29, 1.82) is 0 Å². The van der Waals surface area contributed by atoms with Gasteiger partial charge in [0.05, 0.1) is 0 Å². The van der Waals surface area contributed by atoms with E-state index in [4.69, 9.17) is 0 Å². The average molecular weight is 249 g/mol. The summed E-state index contributed by atoms with van der Waals surface area (Å²) in [4.78, 5) is 0. The van der Waals surface area contributed by atoms with Crippen LogP contribution in [0.25, 0.3) is 0 Å². The number of hydrogen-bond donors (Lipinski definition) is 1. The fourth-order valence-corrected chi connectivity index (χ4v) is 4.77. The van der Waals surface area contributed by atoms with Crippen LogP contribution in [0.2, 0.25) is 0 Å². The molecule has 0 amide bonds. The van der Waals surface area contributed by atoms with E-state index in [1.807, 2.05) is 0 Å². The monoisotopic (exact) mass is 249 g/mol. The van der Waals surface area contributed by atoms with Crippen molar-refractivity contribution < 1.29 is 0 Å². The molecule has 3 rings (SSSR count). The van der Waals surface area contributed by atoms with Crippen molar-refractivity contribution in [3.05, 3.63) is 0 Å². The van der Waals surface area contributed by atoms with Crippen molar-refractivity contribution in [3.8, 4) is 0 Å². The third-order valence-corrected chi connectivity index (χ3v) is 5.99. The molecule has 0 aromatic rings. The van der Waals surface area contributed by atoms with Crippen molar-refractivity contribution in [3.63, 3.8) is 0 Å². The molecule has 104 valence electrons. The summed E-state index contributed by atoms with van der Waals surface area (Å²) in [7, 11) is 0. The minimum Gasteiger partial charge on any atom is -0.312 e. The molecule has 3 unspecified atom stereocenters. The molecule has 0 saturated heterocycles. The van der Waals surface area contributed by atoms with Crippen LogP contribution in [0.15, 0.2) is 0 Å². The van der Waals surface area contributed by atoms with Gasteiger partial charge in [-0.25, -0.2) is 0 Å². The Balaban J connectivity index is 1.55. The van der Waals surface area contributed by atoms with Crippen molar-refractivity contribution in [1.82, 2.24) is 5.32 Å². The van der Waals surface area contributed by atoms with Crippen LogP contribution in [0, 0.1) is 23.2 Å². The highest BCUT2D eigenvalue weighted by molar-refractivity contribution is 4.98. The van der Waals surface area contributed by atoms with Gasteiger partial charge in [0.15, 0.2) is 0 Å². The molecule has 0 aromatic heterocycles. The first-order valence-corrected chi connectivity index (χ1v) is 8.21. The van der Waals surface area contributed by atoms with Crippen molar-refractivity contribution in [2.75, 3.05) is 6.54 Å². The van der Waals surface area contributed by atoms with Crippen LogP contribution < -0.4 is 5.32 Å². The Morgan fingerprint density at radius 1 is 1.11 bits per heavy atom. The molecule has 3 aliphatic rings. The summed E-state index contributed by atoms with van der Waals surface area (Å²) in [5.41, 5.74) is 0.972. The van der Waals surface area contributed by atoms with E-state index >= 15 is 0 Å². The van der Waals surface area contributed by atoms with Crippen LogP contribution >= 0.6 is 0 Å². The molecule has 3 fully saturated rings. The molecule has 0 radical (unpaired) electrons. The second kappa shape index (κ2) is 4.51. The molecule has 0 aliphatic heterocycles. The molecule has 2 bridgehead atoms. The van der Waals surface area contributed by atoms with Crippen LogP contribution in [0.5, 0.6) is 0 Å². The smallest absolute Gasteiger partial charge is 0.00967 e. The molecule has 3 aliphatic carbocycles. The molecule has 1 N–H and O–H groups in total. The van der Waals surface area contributed by atoms with E-state index in [1.165, 1.54) is 32.2 Å². The van der Waals surface area contributed by atoms with Gasteiger partial charge in [-0.2, -0.15) is 0 Å². The Morgan fingerprint density at radius 2 is 1.89 bits per heavy atom. The van der Waals surface area contributed by atoms with E-state index in [9.17, 15) is 0 Å². The lowest BCUT2D eigenvalue weighted by atomic mass is 9.62. The minimum atomic E-state index is 0.289. The van der Waals surface area contributed by atoms with Crippen molar-refractivity contribution in [2.45, 2.75) is 77.7 Å². The third kappa shape index (κ3) is 2.61. The van der Waals surface area contributed by atoms with Crippen LogP contribution in [0.3, 0.4) is 0 Å². The highest BCUT2D eigenvalue weighted by Crippen LogP contribution is 2.55. The summed E-state index contributed by atoms with van der Waals surface area (Å²) in [6, 6.07) is 0. The molecule has 1 nitrogen and oxygen atoms in total. The fourth-order valence-electron chi connectivity index (χ4n) is 4.77. The molecular weight excluding hydrogens is 218 g/mol. The first-order valence-electron chi connectivity index (χ1n) is 8.21. The maximum Gasteiger partial charge on any atom is 0.00967 e. The minimum absolute atomic E-state index is 0.289. The quantitative estimate of drug-likeness (QED) is 0.780. The first kappa shape index (κ1) is 13.0. The average Bonchev–Trinajstić information content (AvgIpc) is 2.81. The Hall–Kier alpha value is -0.0400. The van der Waals surface area contributed by atoms with Crippen LogP contribution in [-0.4, -0.2) is 12.1 Å². The van der Waals surface area contributed by atoms with Crippen LogP contribution in [0.4, 0.5) is 0 Å². The summed E-state index contributed by atoms with van der Waals surface area (Å²) >= 11 is 0. The van der Waals surface area contributed by atoms with Gasteiger partial charge in [0, 0.05) is 12.1 Å². The number of rotatable bonds is 4. The zero-order valence-corrected chi connectivity index (χ0v) is 12.6. The summed E-state index contributed by atoms with van der Waals surface area (Å²) < 4.78 is 0. The van der Waals surface area contributed by atoms with E-state index in [0.717, 1.165) is 17.8 Å². The van der Waals surface area contributed by atoms with Gasteiger partial charge in [-0.3, -0.25) is 0 Å². The molecule has 3 saturated carbocycles. The first-order chi connectivity index (χ1) is 8.46. The van der Waals surface area contributed by atoms with E-state index < -0.39 is 0 Å². The maximum absolute atomic E-state index is 3.78. The SMILES string of the molecule is CC(C)(C)NCC1(CC2CC3CCC2C3)CCC1. The summed E-state index contributed by atoms with van der Waals surface area (Å²) in [5, 5.41) is 3.78. The highest BCUT2D eigenvalue weighted by Gasteiger charge is 2.46. The zero-order valence-electron chi connectivity index (χ0n) is 12.6. The zero-order chi connectivity index (χ0) is 12.8. The lowest BCUT2D eigenvalue weighted by Gasteiger charge is -2.46. The van der Waals surface area contributed by atoms with Crippen LogP contribution in [-0.2, 0) is 0 Å². The second-order valence-corrected chi connectivity index (χ2v) is 8.60. The standard InChI is InChI=1S/C17H31N/c1-16(2,3)18-12-17(7-4-8-17)11-15-10-13-5-6-14(15)9-13/h13-15,18H,4-12H2,1-3H3. The van der Waals surface area contributed by atoms with Gasteiger partial charge in [0.1, 0.15) is 0 Å². The van der Waals surface area contributed by atoms with Crippen molar-refractivity contribution >= 4 is 0 Å². The van der Waals surface area contributed by atoms with Gasteiger partial charge >= 0.3 is 0 Å². The second-order valence-electron chi connectivity index (χ2n) is 8.60. The van der Waals surface area contributed by atoms with Crippen LogP contribution in [0.1, 0.15) is 72.1 Å². The third-order valence-electron chi connectivity index (χ3n) is 5.99. The maximum atomic E-state index is 3.78. The molecule has 1 heteroatoms. The van der Waals surface area contributed by atoms with E-state index in [-0.39, 0.29) is 5.54 Å². The van der Waals surface area contributed by atoms with Gasteiger partial charge in [-0.1, -0.05) is 12.8 Å². The molecule has 3 atom stereocenters. The van der Waals surface area contributed by atoms with E-state index in [2.05, 4.69) is 26.1 Å². The van der Waals surface area contributed by atoms with Gasteiger partial charge in [-0.15, -0.1) is 0 Å². The molecule has 0 spiro atoms. The van der Waals surface area contributed by atoms with E-state index in [0.29, 0.717) is 5.41 Å². The molecule has 0 aromatic carbocycles. The van der Waals surface area contributed by atoms with Gasteiger partial charge in [0.25, 0.3) is 0 Å². The largest absolute Gasteiger partial charge is 0.312 e. The molecular formula is C17H31N. The summed E-state index contributed by atoms with van der Waals surface area (Å²) in [6.45, 7) is 8.18. The fraction of sp³-hybridized carbons (Fsp3) is 1.00. The Bertz CT molecular complexity index is 297. The lowest BCUT2D eigenvalue weighted by molar-refractivity contribution is 0.0678. The molecule has 18 heavy (non-hydrogen) atoms. The van der Waals surface area contributed by atoms with Gasteiger partial charge in [-0.05, 0) is 82.5 Å². The van der Waals surface area contributed by atoms with E-state index in [1.54, 1.807) is 25.7 Å². The predicted molar refractivity (Wildman–Crippen MR) is 77.6 cm³/mol. The van der Waals surface area contributed by atoms with Gasteiger partial charge < -0.3 is 5.32 Å². The lowest BCUT2D eigenvalue weighted by Crippen LogP contribution is -2.48. The van der Waals surface area contributed by atoms with Gasteiger partial charge in [0.2, 0.25) is 0 Å². The number of nitrogens with one attached hydrogen (secondary N) is 1.